The van der Waals surface area contributed by atoms with E-state index in [0.717, 1.165) is 22.9 Å². The molecular weight excluding hydrogens is 418 g/mol. The topological polar surface area (TPSA) is 79.8 Å². The third-order valence-corrected chi connectivity index (χ3v) is 5.53. The summed E-state index contributed by atoms with van der Waals surface area (Å²) in [5.41, 5.74) is 3.04. The lowest BCUT2D eigenvalue weighted by molar-refractivity contribution is -0.133. The third-order valence-electron chi connectivity index (χ3n) is 5.53. The predicted molar refractivity (Wildman–Crippen MR) is 129 cm³/mol. The first-order valence-corrected chi connectivity index (χ1v) is 11.0. The number of methoxy groups -OCH3 is 1. The first-order valence-electron chi connectivity index (χ1n) is 11.0. The van der Waals surface area contributed by atoms with Gasteiger partial charge in [0.05, 0.1) is 7.11 Å². The van der Waals surface area contributed by atoms with E-state index in [9.17, 15) is 4.79 Å². The summed E-state index contributed by atoms with van der Waals surface area (Å²) in [6, 6.07) is 17.3. The van der Waals surface area contributed by atoms with Gasteiger partial charge in [0.2, 0.25) is 5.95 Å². The van der Waals surface area contributed by atoms with Gasteiger partial charge in [-0.05, 0) is 50.2 Å². The van der Waals surface area contributed by atoms with Crippen molar-refractivity contribution < 1.29 is 14.3 Å². The van der Waals surface area contributed by atoms with Crippen LogP contribution in [-0.4, -0.2) is 60.7 Å². The number of hydrogen-bond donors (Lipinski definition) is 1. The van der Waals surface area contributed by atoms with Crippen molar-refractivity contribution in [1.29, 1.82) is 0 Å². The lowest BCUT2D eigenvalue weighted by atomic mass is 10.2. The van der Waals surface area contributed by atoms with Gasteiger partial charge in [-0.2, -0.15) is 4.98 Å². The Bertz CT molecular complexity index is 1080. The van der Waals surface area contributed by atoms with Crippen LogP contribution in [0.25, 0.3) is 0 Å². The first kappa shape index (κ1) is 22.4. The summed E-state index contributed by atoms with van der Waals surface area (Å²) in [5, 5.41) is 3.28. The van der Waals surface area contributed by atoms with Crippen LogP contribution < -0.4 is 19.7 Å². The molecule has 0 saturated carbocycles. The van der Waals surface area contributed by atoms with Gasteiger partial charge in [0.25, 0.3) is 5.91 Å². The molecule has 0 atom stereocenters. The van der Waals surface area contributed by atoms with Gasteiger partial charge in [0.15, 0.2) is 6.61 Å². The lowest BCUT2D eigenvalue weighted by Crippen LogP contribution is -2.50. The molecule has 4 rings (SSSR count). The van der Waals surface area contributed by atoms with E-state index in [1.807, 2.05) is 54.3 Å². The highest BCUT2D eigenvalue weighted by Gasteiger charge is 2.23. The van der Waals surface area contributed by atoms with E-state index in [1.54, 1.807) is 19.2 Å². The van der Waals surface area contributed by atoms with Crippen molar-refractivity contribution in [2.24, 2.45) is 0 Å². The molecule has 172 valence electrons. The maximum atomic E-state index is 12.6. The van der Waals surface area contributed by atoms with Gasteiger partial charge in [-0.3, -0.25) is 4.79 Å². The minimum atomic E-state index is -0.0222. The van der Waals surface area contributed by atoms with Gasteiger partial charge in [-0.15, -0.1) is 0 Å². The van der Waals surface area contributed by atoms with Gasteiger partial charge >= 0.3 is 0 Å². The fraction of sp³-hybridized carbons (Fsp3) is 0.320. The molecule has 0 spiro atoms. The maximum absolute atomic E-state index is 12.6. The molecule has 2 aromatic carbocycles. The quantitative estimate of drug-likeness (QED) is 0.593. The minimum absolute atomic E-state index is 0.0174. The van der Waals surface area contributed by atoms with Crippen LogP contribution in [-0.2, 0) is 4.79 Å². The monoisotopic (exact) mass is 447 g/mol. The van der Waals surface area contributed by atoms with E-state index in [2.05, 4.69) is 22.1 Å². The van der Waals surface area contributed by atoms with Crippen LogP contribution >= 0.6 is 0 Å². The van der Waals surface area contributed by atoms with Gasteiger partial charge in [0.1, 0.15) is 17.3 Å². The molecule has 0 unspecified atom stereocenters. The van der Waals surface area contributed by atoms with Crippen LogP contribution in [0.2, 0.25) is 0 Å². The number of amides is 1. The van der Waals surface area contributed by atoms with Crippen molar-refractivity contribution in [3.05, 3.63) is 65.9 Å². The summed E-state index contributed by atoms with van der Waals surface area (Å²) < 4.78 is 10.8. The molecule has 33 heavy (non-hydrogen) atoms. The molecule has 0 bridgehead atoms. The Labute approximate surface area is 194 Å². The van der Waals surface area contributed by atoms with Crippen molar-refractivity contribution in [3.63, 3.8) is 0 Å². The second kappa shape index (κ2) is 10.2. The largest absolute Gasteiger partial charge is 0.497 e. The van der Waals surface area contributed by atoms with Crippen molar-refractivity contribution >= 4 is 23.4 Å². The molecule has 8 heteroatoms. The number of benzene rings is 2. The van der Waals surface area contributed by atoms with E-state index in [0.29, 0.717) is 37.9 Å². The van der Waals surface area contributed by atoms with Crippen molar-refractivity contribution in [2.75, 3.05) is 50.1 Å². The molecule has 2 heterocycles. The second-order valence-corrected chi connectivity index (χ2v) is 8.01. The van der Waals surface area contributed by atoms with E-state index in [-0.39, 0.29) is 12.5 Å². The van der Waals surface area contributed by atoms with Crippen LogP contribution in [0.3, 0.4) is 0 Å². The number of rotatable bonds is 7. The number of anilines is 3. The Morgan fingerprint density at radius 3 is 2.27 bits per heavy atom. The number of aryl methyl sites for hydroxylation is 2. The number of aromatic nitrogens is 2. The molecule has 1 fully saturated rings. The smallest absolute Gasteiger partial charge is 0.260 e. The number of ether oxygens (including phenoxy) is 2. The zero-order chi connectivity index (χ0) is 23.2. The summed E-state index contributed by atoms with van der Waals surface area (Å²) in [7, 11) is 1.61. The molecule has 1 aliphatic heterocycles. The van der Waals surface area contributed by atoms with Crippen molar-refractivity contribution in [3.8, 4) is 11.5 Å². The second-order valence-electron chi connectivity index (χ2n) is 8.01. The fourth-order valence-electron chi connectivity index (χ4n) is 3.63. The zero-order valence-electron chi connectivity index (χ0n) is 19.2. The van der Waals surface area contributed by atoms with Crippen LogP contribution in [0.5, 0.6) is 11.5 Å². The molecule has 1 aliphatic rings. The first-order chi connectivity index (χ1) is 16.0. The Hall–Kier alpha value is -3.81. The van der Waals surface area contributed by atoms with Crippen LogP contribution in [0.4, 0.5) is 17.5 Å². The molecule has 1 amide bonds. The highest BCUT2D eigenvalue weighted by molar-refractivity contribution is 5.78. The molecular formula is C25H29N5O3. The summed E-state index contributed by atoms with van der Waals surface area (Å²) in [4.78, 5) is 25.8. The van der Waals surface area contributed by atoms with Gasteiger partial charge in [-0.25, -0.2) is 4.98 Å². The standard InChI is InChI=1S/C25H29N5O3/c1-18-4-6-20(7-5-18)27-25-26-19(2)16-23(28-25)29-12-14-30(15-13-29)24(31)17-33-22-10-8-21(32-3)9-11-22/h4-11,16H,12-15,17H2,1-3H3,(H,26,27,28). The number of nitrogens with zero attached hydrogens (tertiary/aromatic N) is 4. The van der Waals surface area contributed by atoms with Crippen LogP contribution in [0.15, 0.2) is 54.6 Å². The number of piperazine rings is 1. The molecule has 1 aromatic heterocycles. The van der Waals surface area contributed by atoms with Gasteiger partial charge in [-0.1, -0.05) is 17.7 Å². The number of carbonyl (C=O) groups is 1. The summed E-state index contributed by atoms with van der Waals surface area (Å²) in [5.74, 6) is 2.81. The van der Waals surface area contributed by atoms with Crippen molar-refractivity contribution in [2.45, 2.75) is 13.8 Å². The van der Waals surface area contributed by atoms with E-state index in [1.165, 1.54) is 5.56 Å². The van der Waals surface area contributed by atoms with E-state index in [4.69, 9.17) is 14.5 Å². The Morgan fingerprint density at radius 1 is 0.939 bits per heavy atom. The molecule has 0 radical (unpaired) electrons. The minimum Gasteiger partial charge on any atom is -0.497 e. The number of hydrogen-bond acceptors (Lipinski definition) is 7. The van der Waals surface area contributed by atoms with E-state index >= 15 is 0 Å². The zero-order valence-corrected chi connectivity index (χ0v) is 19.2. The average molecular weight is 448 g/mol. The van der Waals surface area contributed by atoms with Crippen LogP contribution in [0, 0.1) is 13.8 Å². The average Bonchev–Trinajstić information content (AvgIpc) is 2.84. The Morgan fingerprint density at radius 2 is 1.61 bits per heavy atom. The van der Waals surface area contributed by atoms with Crippen LogP contribution in [0.1, 0.15) is 11.3 Å². The Balaban J connectivity index is 1.31. The molecule has 0 aliphatic carbocycles. The number of nitrogens with one attached hydrogen (secondary N) is 1. The molecule has 8 nitrogen and oxygen atoms in total. The summed E-state index contributed by atoms with van der Waals surface area (Å²) >= 11 is 0. The summed E-state index contributed by atoms with van der Waals surface area (Å²) in [6.45, 7) is 6.68. The number of carbonyl (C=O) groups excluding carboxylic acids is 1. The van der Waals surface area contributed by atoms with Gasteiger partial charge in [0, 0.05) is 43.6 Å². The highest BCUT2D eigenvalue weighted by Crippen LogP contribution is 2.21. The fourth-order valence-corrected chi connectivity index (χ4v) is 3.63. The predicted octanol–water partition coefficient (Wildman–Crippen LogP) is 3.57. The van der Waals surface area contributed by atoms with Crippen molar-refractivity contribution in [1.82, 2.24) is 14.9 Å². The lowest BCUT2D eigenvalue weighted by Gasteiger charge is -2.35. The normalized spacial score (nSPS) is 13.5. The SMILES string of the molecule is COc1ccc(OCC(=O)N2CCN(c3cc(C)nc(Nc4ccc(C)cc4)n3)CC2)cc1. The summed E-state index contributed by atoms with van der Waals surface area (Å²) in [6.07, 6.45) is 0. The highest BCUT2D eigenvalue weighted by atomic mass is 16.5. The third kappa shape index (κ3) is 5.91. The van der Waals surface area contributed by atoms with E-state index < -0.39 is 0 Å². The molecule has 1 saturated heterocycles. The maximum Gasteiger partial charge on any atom is 0.260 e. The molecule has 3 aromatic rings. The van der Waals surface area contributed by atoms with Gasteiger partial charge < -0.3 is 24.6 Å². The Kier molecular flexibility index (Phi) is 6.92. The molecule has 1 N–H and O–H groups in total.